The number of hydrogen-bond donors (Lipinski definition) is 3. The van der Waals surface area contributed by atoms with Crippen molar-refractivity contribution in [3.8, 4) is 17.2 Å². The Hall–Kier alpha value is -0.670. The summed E-state index contributed by atoms with van der Waals surface area (Å²) in [5.41, 5.74) is -0.847. The van der Waals surface area contributed by atoms with Crippen molar-refractivity contribution in [3.63, 3.8) is 0 Å². The van der Waals surface area contributed by atoms with Crippen LogP contribution in [0, 0.1) is 0 Å². The first-order chi connectivity index (χ1) is 12.4. The molecule has 0 fully saturated rings. The molecule has 0 unspecified atom stereocenters. The number of ether oxygens (including phenoxy) is 2. The summed E-state index contributed by atoms with van der Waals surface area (Å²) in [4.78, 5) is 11.2. The molecule has 0 bridgehead atoms. The molecule has 0 aliphatic carbocycles. The Labute approximate surface area is 214 Å². The van der Waals surface area contributed by atoms with Crippen LogP contribution < -0.4 is 68.6 Å². The predicted octanol–water partition coefficient (Wildman–Crippen LogP) is -4.63. The van der Waals surface area contributed by atoms with E-state index in [1.54, 1.807) is 0 Å². The largest absolute Gasteiger partial charge is 1.00 e. The van der Waals surface area contributed by atoms with Gasteiger partial charge in [0.2, 0.25) is 0 Å². The standard InChI is InChI=1S/C15H14O10S2.2Na.2H/c1-24-11-4-3-8(5-13(11)26(18,19)20)15(17)9-6-14(27(21,22)23)12(25-2)7-10(9)16;;;;/h3-7,16H,1-2H3,(H,18,19,20)(H,21,22,23);;;;/q;2*+1;2*-1. The van der Waals surface area contributed by atoms with Crippen molar-refractivity contribution in [2.45, 2.75) is 9.79 Å². The van der Waals surface area contributed by atoms with Crippen molar-refractivity contribution in [2.75, 3.05) is 14.2 Å². The van der Waals surface area contributed by atoms with Crippen LogP contribution in [-0.4, -0.2) is 51.1 Å². The van der Waals surface area contributed by atoms with E-state index < -0.39 is 52.9 Å². The maximum atomic E-state index is 12.6. The summed E-state index contributed by atoms with van der Waals surface area (Å²) in [5, 5.41) is 10.0. The van der Waals surface area contributed by atoms with Crippen molar-refractivity contribution in [1.29, 1.82) is 0 Å². The number of carbonyl (C=O) groups excluding carboxylic acids is 1. The van der Waals surface area contributed by atoms with Crippen molar-refractivity contribution >= 4 is 26.0 Å². The molecule has 10 nitrogen and oxygen atoms in total. The van der Waals surface area contributed by atoms with Gasteiger partial charge >= 0.3 is 59.1 Å². The molecule has 150 valence electrons. The summed E-state index contributed by atoms with van der Waals surface area (Å²) in [6, 6.07) is 4.53. The SMILES string of the molecule is COc1ccc(C(=O)c2cc(S(=O)(=O)O)c(OC)cc2O)cc1S(=O)(=O)O.[H-].[H-].[Na+].[Na+]. The smallest absolute Gasteiger partial charge is 1.00 e. The van der Waals surface area contributed by atoms with Crippen LogP contribution in [0.3, 0.4) is 0 Å². The summed E-state index contributed by atoms with van der Waals surface area (Å²) in [7, 11) is -7.28. The molecule has 0 amide bonds. The molecule has 0 aliphatic heterocycles. The van der Waals surface area contributed by atoms with Crippen LogP contribution in [0.1, 0.15) is 18.8 Å². The van der Waals surface area contributed by atoms with Gasteiger partial charge < -0.3 is 17.4 Å². The second-order valence-corrected chi connectivity index (χ2v) is 7.95. The van der Waals surface area contributed by atoms with Crippen molar-refractivity contribution in [3.05, 3.63) is 41.5 Å². The van der Waals surface area contributed by atoms with Crippen LogP contribution in [0.2, 0.25) is 0 Å². The maximum absolute atomic E-state index is 12.6. The van der Waals surface area contributed by atoms with E-state index in [1.807, 2.05) is 0 Å². The van der Waals surface area contributed by atoms with Crippen molar-refractivity contribution < 1.29 is 107 Å². The minimum Gasteiger partial charge on any atom is -1.00 e. The maximum Gasteiger partial charge on any atom is 1.00 e. The fourth-order valence-corrected chi connectivity index (χ4v) is 3.61. The van der Waals surface area contributed by atoms with Crippen LogP contribution >= 0.6 is 0 Å². The number of phenolic OH excluding ortho intramolecular Hbond substituents is 1. The number of rotatable bonds is 6. The molecular weight excluding hydrogens is 450 g/mol. The zero-order valence-electron chi connectivity index (χ0n) is 17.9. The van der Waals surface area contributed by atoms with Gasteiger partial charge in [-0.25, -0.2) is 0 Å². The zero-order valence-corrected chi connectivity index (χ0v) is 21.5. The molecule has 0 spiro atoms. The van der Waals surface area contributed by atoms with Crippen LogP contribution in [-0.2, 0) is 20.2 Å². The molecule has 0 atom stereocenters. The third-order valence-corrected chi connectivity index (χ3v) is 5.26. The van der Waals surface area contributed by atoms with E-state index in [0.717, 1.165) is 38.5 Å². The molecule has 0 aliphatic rings. The molecule has 2 aromatic carbocycles. The van der Waals surface area contributed by atoms with Crippen LogP contribution in [0.25, 0.3) is 0 Å². The summed E-state index contributed by atoms with van der Waals surface area (Å²) in [6.07, 6.45) is 0. The Kier molecular flexibility index (Phi) is 10.3. The van der Waals surface area contributed by atoms with Gasteiger partial charge in [0.1, 0.15) is 27.0 Å². The summed E-state index contributed by atoms with van der Waals surface area (Å²) >= 11 is 0. The van der Waals surface area contributed by atoms with Gasteiger partial charge in [-0.05, 0) is 24.3 Å². The second-order valence-electron chi connectivity index (χ2n) is 5.17. The van der Waals surface area contributed by atoms with Crippen molar-refractivity contribution in [2.24, 2.45) is 0 Å². The first kappa shape index (κ1) is 28.3. The molecule has 14 heteroatoms. The molecule has 2 aromatic rings. The molecule has 3 N–H and O–H groups in total. The molecule has 0 radical (unpaired) electrons. The molecule has 2 rings (SSSR count). The Bertz CT molecular complexity index is 1140. The average molecular weight is 466 g/mol. The summed E-state index contributed by atoms with van der Waals surface area (Å²) in [6.45, 7) is 0. The fraction of sp³-hybridized carbons (Fsp3) is 0.133. The third kappa shape index (κ3) is 6.40. The van der Waals surface area contributed by atoms with E-state index in [9.17, 15) is 35.8 Å². The molecule has 0 saturated heterocycles. The number of phenols is 1. The number of hydrogen-bond acceptors (Lipinski definition) is 8. The Morgan fingerprint density at radius 3 is 1.79 bits per heavy atom. The van der Waals surface area contributed by atoms with Crippen molar-refractivity contribution in [1.82, 2.24) is 0 Å². The average Bonchev–Trinajstić information content (AvgIpc) is 2.58. The summed E-state index contributed by atoms with van der Waals surface area (Å²) < 4.78 is 73.9. The van der Waals surface area contributed by atoms with E-state index in [1.165, 1.54) is 0 Å². The van der Waals surface area contributed by atoms with Gasteiger partial charge in [-0.3, -0.25) is 13.9 Å². The number of carbonyl (C=O) groups is 1. The van der Waals surface area contributed by atoms with Gasteiger partial charge in [0, 0.05) is 11.6 Å². The van der Waals surface area contributed by atoms with Gasteiger partial charge in [-0.1, -0.05) is 0 Å². The Balaban J connectivity index is -0.00000196. The summed E-state index contributed by atoms with van der Waals surface area (Å²) in [5.74, 6) is -2.28. The number of benzene rings is 2. The van der Waals surface area contributed by atoms with Gasteiger partial charge in [0.05, 0.1) is 19.8 Å². The Morgan fingerprint density at radius 1 is 0.862 bits per heavy atom. The van der Waals surface area contributed by atoms with E-state index >= 15 is 0 Å². The van der Waals surface area contributed by atoms with E-state index in [-0.39, 0.29) is 73.3 Å². The second kappa shape index (κ2) is 10.6. The minimum atomic E-state index is -4.79. The fourth-order valence-electron chi connectivity index (χ4n) is 2.27. The zero-order chi connectivity index (χ0) is 20.6. The van der Waals surface area contributed by atoms with E-state index in [2.05, 4.69) is 0 Å². The number of ketones is 1. The molecule has 0 heterocycles. The molecule has 29 heavy (non-hydrogen) atoms. The predicted molar refractivity (Wildman–Crippen MR) is 92.9 cm³/mol. The molecule has 0 aromatic heterocycles. The van der Waals surface area contributed by atoms with Gasteiger partial charge in [0.15, 0.2) is 5.78 Å². The minimum absolute atomic E-state index is 0. The van der Waals surface area contributed by atoms with Gasteiger partial charge in [0.25, 0.3) is 20.2 Å². The molecular formula is C15H16Na2O10S2. The monoisotopic (exact) mass is 466 g/mol. The number of methoxy groups -OCH3 is 2. The van der Waals surface area contributed by atoms with Crippen LogP contribution in [0.5, 0.6) is 17.2 Å². The van der Waals surface area contributed by atoms with Crippen LogP contribution in [0.15, 0.2) is 40.1 Å². The third-order valence-electron chi connectivity index (χ3n) is 3.51. The van der Waals surface area contributed by atoms with E-state index in [4.69, 9.17) is 9.47 Å². The first-order valence-corrected chi connectivity index (χ1v) is 9.87. The molecule has 0 saturated carbocycles. The number of aromatic hydroxyl groups is 1. The van der Waals surface area contributed by atoms with Crippen LogP contribution in [0.4, 0.5) is 0 Å². The van der Waals surface area contributed by atoms with E-state index in [0.29, 0.717) is 6.07 Å². The quantitative estimate of drug-likeness (QED) is 0.214. The normalized spacial score (nSPS) is 11.0. The first-order valence-electron chi connectivity index (χ1n) is 6.99. The van der Waals surface area contributed by atoms with Gasteiger partial charge in [-0.15, -0.1) is 0 Å². The Morgan fingerprint density at radius 2 is 1.34 bits per heavy atom. The topological polar surface area (TPSA) is 164 Å². The van der Waals surface area contributed by atoms with Gasteiger partial charge in [-0.2, -0.15) is 16.8 Å².